The molecule has 1 heterocycles. The molecule has 1 fully saturated rings. The third kappa shape index (κ3) is 4.09. The summed E-state index contributed by atoms with van der Waals surface area (Å²) in [7, 11) is 5.07. The topological polar surface area (TPSA) is 43.0 Å². The summed E-state index contributed by atoms with van der Waals surface area (Å²) in [4.78, 5) is 2.48. The van der Waals surface area contributed by atoms with Crippen LogP contribution < -0.4 is 14.8 Å². The standard InChI is InChI=1S/C16H26N2O3/c1-19-12-14-15(20-2)5-4-13(16(14)21-3)6-9-18-10-7-17-8-11-18/h4-5,17H,6-12H2,1-3H3. The SMILES string of the molecule is COCc1c(OC)ccc(CCN2CCNCC2)c1OC. The Morgan fingerprint density at radius 3 is 2.48 bits per heavy atom. The van der Waals surface area contributed by atoms with Gasteiger partial charge in [-0.15, -0.1) is 0 Å². The van der Waals surface area contributed by atoms with Gasteiger partial charge in [-0.05, 0) is 18.1 Å². The molecule has 118 valence electrons. The number of nitrogens with zero attached hydrogens (tertiary/aromatic N) is 1. The Balaban J connectivity index is 2.12. The molecule has 1 aliphatic rings. The average molecular weight is 294 g/mol. The second kappa shape index (κ2) is 8.22. The molecule has 0 amide bonds. The van der Waals surface area contributed by atoms with Crippen molar-refractivity contribution >= 4 is 0 Å². The summed E-state index contributed by atoms with van der Waals surface area (Å²) in [6, 6.07) is 4.10. The molecule has 5 nitrogen and oxygen atoms in total. The second-order valence-electron chi connectivity index (χ2n) is 5.21. The molecule has 2 rings (SSSR count). The first-order valence-electron chi connectivity index (χ1n) is 7.45. The monoisotopic (exact) mass is 294 g/mol. The van der Waals surface area contributed by atoms with E-state index in [9.17, 15) is 0 Å². The molecule has 1 aliphatic heterocycles. The highest BCUT2D eigenvalue weighted by atomic mass is 16.5. The molecule has 1 saturated heterocycles. The van der Waals surface area contributed by atoms with E-state index in [2.05, 4.69) is 16.3 Å². The minimum absolute atomic E-state index is 0.494. The van der Waals surface area contributed by atoms with Gasteiger partial charge in [0.05, 0.1) is 26.4 Å². The summed E-state index contributed by atoms with van der Waals surface area (Å²) in [5, 5.41) is 3.38. The molecule has 0 atom stereocenters. The Bertz CT molecular complexity index is 445. The van der Waals surface area contributed by atoms with E-state index in [1.807, 2.05) is 6.07 Å². The third-order valence-corrected chi connectivity index (χ3v) is 3.92. The van der Waals surface area contributed by atoms with Crippen LogP contribution in [0.25, 0.3) is 0 Å². The number of ether oxygens (including phenoxy) is 3. The first-order valence-corrected chi connectivity index (χ1v) is 7.45. The summed E-state index contributed by atoms with van der Waals surface area (Å²) >= 11 is 0. The van der Waals surface area contributed by atoms with Crippen LogP contribution in [0.5, 0.6) is 11.5 Å². The fourth-order valence-electron chi connectivity index (χ4n) is 2.79. The van der Waals surface area contributed by atoms with Crippen molar-refractivity contribution < 1.29 is 14.2 Å². The quantitative estimate of drug-likeness (QED) is 0.821. The molecular weight excluding hydrogens is 268 g/mol. The number of rotatable bonds is 7. The summed E-state index contributed by atoms with van der Waals surface area (Å²) in [5.41, 5.74) is 2.20. The smallest absolute Gasteiger partial charge is 0.131 e. The number of methoxy groups -OCH3 is 3. The average Bonchev–Trinajstić information content (AvgIpc) is 2.54. The van der Waals surface area contributed by atoms with Gasteiger partial charge in [-0.3, -0.25) is 0 Å². The zero-order chi connectivity index (χ0) is 15.1. The lowest BCUT2D eigenvalue weighted by atomic mass is 10.0. The molecule has 21 heavy (non-hydrogen) atoms. The normalized spacial score (nSPS) is 16.0. The van der Waals surface area contributed by atoms with Crippen LogP contribution in [0.2, 0.25) is 0 Å². The van der Waals surface area contributed by atoms with Gasteiger partial charge in [0, 0.05) is 39.8 Å². The van der Waals surface area contributed by atoms with Crippen molar-refractivity contribution in [2.45, 2.75) is 13.0 Å². The summed E-state index contributed by atoms with van der Waals surface area (Å²) in [6.07, 6.45) is 0.976. The first-order chi connectivity index (χ1) is 10.3. The van der Waals surface area contributed by atoms with Crippen molar-refractivity contribution in [3.8, 4) is 11.5 Å². The van der Waals surface area contributed by atoms with Crippen LogP contribution in [-0.4, -0.2) is 59.0 Å². The van der Waals surface area contributed by atoms with Crippen molar-refractivity contribution in [1.29, 1.82) is 0 Å². The second-order valence-corrected chi connectivity index (χ2v) is 5.21. The number of benzene rings is 1. The van der Waals surface area contributed by atoms with Gasteiger partial charge in [-0.2, -0.15) is 0 Å². The molecular formula is C16H26N2O3. The van der Waals surface area contributed by atoms with Crippen molar-refractivity contribution in [1.82, 2.24) is 10.2 Å². The molecule has 0 radical (unpaired) electrons. The largest absolute Gasteiger partial charge is 0.496 e. The van der Waals surface area contributed by atoms with E-state index in [0.29, 0.717) is 6.61 Å². The maximum atomic E-state index is 5.62. The Labute approximate surface area is 127 Å². The lowest BCUT2D eigenvalue weighted by Crippen LogP contribution is -2.44. The first kappa shape index (κ1) is 16.1. The number of hydrogen-bond acceptors (Lipinski definition) is 5. The molecule has 0 bridgehead atoms. The lowest BCUT2D eigenvalue weighted by molar-refractivity contribution is 0.177. The van der Waals surface area contributed by atoms with Gasteiger partial charge in [0.25, 0.3) is 0 Å². The zero-order valence-electron chi connectivity index (χ0n) is 13.3. The van der Waals surface area contributed by atoms with Gasteiger partial charge >= 0.3 is 0 Å². The van der Waals surface area contributed by atoms with E-state index in [0.717, 1.165) is 56.2 Å². The highest BCUT2D eigenvalue weighted by Gasteiger charge is 2.16. The molecule has 1 aromatic rings. The van der Waals surface area contributed by atoms with Crippen LogP contribution in [0, 0.1) is 0 Å². The van der Waals surface area contributed by atoms with E-state index in [1.54, 1.807) is 21.3 Å². The van der Waals surface area contributed by atoms with Crippen LogP contribution >= 0.6 is 0 Å². The Morgan fingerprint density at radius 1 is 1.10 bits per heavy atom. The predicted octanol–water partition coefficient (Wildman–Crippen LogP) is 1.30. The Hall–Kier alpha value is -1.30. The number of piperazine rings is 1. The molecule has 0 aliphatic carbocycles. The van der Waals surface area contributed by atoms with Gasteiger partial charge < -0.3 is 24.4 Å². The maximum Gasteiger partial charge on any atom is 0.131 e. The van der Waals surface area contributed by atoms with Crippen molar-refractivity contribution in [2.24, 2.45) is 0 Å². The molecule has 0 aromatic heterocycles. The van der Waals surface area contributed by atoms with E-state index >= 15 is 0 Å². The van der Waals surface area contributed by atoms with Gasteiger partial charge in [-0.1, -0.05) is 6.07 Å². The Morgan fingerprint density at radius 2 is 1.86 bits per heavy atom. The molecule has 5 heteroatoms. The fraction of sp³-hybridized carbons (Fsp3) is 0.625. The molecule has 1 aromatic carbocycles. The van der Waals surface area contributed by atoms with Crippen LogP contribution in [0.15, 0.2) is 12.1 Å². The highest BCUT2D eigenvalue weighted by molar-refractivity contribution is 5.50. The molecule has 0 saturated carbocycles. The summed E-state index contributed by atoms with van der Waals surface area (Å²) in [6.45, 7) is 5.93. The van der Waals surface area contributed by atoms with Crippen LogP contribution in [0.4, 0.5) is 0 Å². The van der Waals surface area contributed by atoms with Crippen LogP contribution in [-0.2, 0) is 17.8 Å². The van der Waals surface area contributed by atoms with E-state index in [-0.39, 0.29) is 0 Å². The minimum Gasteiger partial charge on any atom is -0.496 e. The van der Waals surface area contributed by atoms with Crippen LogP contribution in [0.3, 0.4) is 0 Å². The van der Waals surface area contributed by atoms with Gasteiger partial charge in [0.15, 0.2) is 0 Å². The number of hydrogen-bond donors (Lipinski definition) is 1. The van der Waals surface area contributed by atoms with Crippen molar-refractivity contribution in [3.63, 3.8) is 0 Å². The van der Waals surface area contributed by atoms with E-state index in [1.165, 1.54) is 5.56 Å². The number of nitrogens with one attached hydrogen (secondary N) is 1. The highest BCUT2D eigenvalue weighted by Crippen LogP contribution is 2.33. The van der Waals surface area contributed by atoms with Crippen molar-refractivity contribution in [2.75, 3.05) is 54.1 Å². The molecule has 1 N–H and O–H groups in total. The summed E-state index contributed by atoms with van der Waals surface area (Å²) in [5.74, 6) is 1.71. The van der Waals surface area contributed by atoms with Gasteiger partial charge in [-0.25, -0.2) is 0 Å². The molecule has 0 unspecified atom stereocenters. The van der Waals surface area contributed by atoms with Gasteiger partial charge in [0.2, 0.25) is 0 Å². The van der Waals surface area contributed by atoms with Gasteiger partial charge in [0.1, 0.15) is 11.5 Å². The molecule has 0 spiro atoms. The maximum absolute atomic E-state index is 5.62. The van der Waals surface area contributed by atoms with E-state index in [4.69, 9.17) is 14.2 Å². The Kier molecular flexibility index (Phi) is 6.29. The van der Waals surface area contributed by atoms with Crippen LogP contribution in [0.1, 0.15) is 11.1 Å². The lowest BCUT2D eigenvalue weighted by Gasteiger charge is -2.27. The van der Waals surface area contributed by atoms with E-state index < -0.39 is 0 Å². The fourth-order valence-corrected chi connectivity index (χ4v) is 2.79. The van der Waals surface area contributed by atoms with Crippen molar-refractivity contribution in [3.05, 3.63) is 23.3 Å². The zero-order valence-corrected chi connectivity index (χ0v) is 13.3. The third-order valence-electron chi connectivity index (χ3n) is 3.92. The predicted molar refractivity (Wildman–Crippen MR) is 83.3 cm³/mol. The minimum atomic E-state index is 0.494. The summed E-state index contributed by atoms with van der Waals surface area (Å²) < 4.78 is 16.3.